The van der Waals surface area contributed by atoms with Gasteiger partial charge in [0.15, 0.2) is 11.4 Å². The topological polar surface area (TPSA) is 95.9 Å². The lowest BCUT2D eigenvalue weighted by atomic mass is 10.1. The van der Waals surface area contributed by atoms with Crippen molar-refractivity contribution in [3.63, 3.8) is 0 Å². The summed E-state index contributed by atoms with van der Waals surface area (Å²) >= 11 is 0. The van der Waals surface area contributed by atoms with Gasteiger partial charge in [0.05, 0.1) is 5.52 Å². The van der Waals surface area contributed by atoms with Crippen molar-refractivity contribution in [2.75, 3.05) is 32.7 Å². The number of aromatic amines is 1. The van der Waals surface area contributed by atoms with Crippen LogP contribution in [0.1, 0.15) is 33.5 Å². The molecule has 3 aromatic rings. The Morgan fingerprint density at radius 3 is 2.56 bits per heavy atom. The molecule has 8 nitrogen and oxygen atoms in total. The molecule has 1 aliphatic heterocycles. The second-order valence-corrected chi connectivity index (χ2v) is 8.20. The second-order valence-electron chi connectivity index (χ2n) is 8.20. The summed E-state index contributed by atoms with van der Waals surface area (Å²) < 4.78 is 10.5. The van der Waals surface area contributed by atoms with Crippen molar-refractivity contribution in [2.24, 2.45) is 0 Å². The van der Waals surface area contributed by atoms with Gasteiger partial charge in [-0.25, -0.2) is 9.59 Å². The van der Waals surface area contributed by atoms with Crippen molar-refractivity contribution in [2.45, 2.75) is 26.9 Å². The third kappa shape index (κ3) is 5.08. The molecule has 0 bridgehead atoms. The molecule has 1 N–H and O–H groups in total. The molecule has 0 aliphatic carbocycles. The lowest BCUT2D eigenvalue weighted by Crippen LogP contribution is -2.49. The molecule has 1 amide bonds. The minimum Gasteiger partial charge on any atom is -0.445 e. The Kier molecular flexibility index (Phi) is 6.41. The fourth-order valence-corrected chi connectivity index (χ4v) is 3.81. The zero-order valence-corrected chi connectivity index (χ0v) is 18.3. The molecule has 0 spiro atoms. The van der Waals surface area contributed by atoms with Crippen LogP contribution in [0.5, 0.6) is 0 Å². The van der Waals surface area contributed by atoms with Gasteiger partial charge in [-0.1, -0.05) is 18.2 Å². The Bertz CT molecular complexity index is 1190. The summed E-state index contributed by atoms with van der Waals surface area (Å²) in [6.45, 7) is 7.49. The number of H-pyrrole nitrogens is 1. The van der Waals surface area contributed by atoms with Gasteiger partial charge in [-0.3, -0.25) is 14.7 Å². The van der Waals surface area contributed by atoms with Gasteiger partial charge in [-0.05, 0) is 48.7 Å². The Balaban J connectivity index is 1.21. The van der Waals surface area contributed by atoms with E-state index in [2.05, 4.69) is 16.8 Å². The van der Waals surface area contributed by atoms with Gasteiger partial charge >= 0.3 is 11.8 Å². The van der Waals surface area contributed by atoms with Crippen molar-refractivity contribution in [1.29, 1.82) is 0 Å². The van der Waals surface area contributed by atoms with Crippen LogP contribution in [0.15, 0.2) is 45.6 Å². The third-order valence-corrected chi connectivity index (χ3v) is 5.96. The fourth-order valence-electron chi connectivity index (χ4n) is 3.81. The number of nitrogens with zero attached hydrogens (tertiary/aromatic N) is 2. The number of piperazine rings is 1. The van der Waals surface area contributed by atoms with Crippen LogP contribution in [0.4, 0.5) is 4.79 Å². The van der Waals surface area contributed by atoms with E-state index < -0.39 is 5.76 Å². The number of Topliss-reactive ketones (excluding diaryl/α,β-unsaturated/α-hetero) is 1. The first-order valence-electron chi connectivity index (χ1n) is 10.8. The van der Waals surface area contributed by atoms with Crippen molar-refractivity contribution in [3.8, 4) is 0 Å². The minimum atomic E-state index is -0.532. The van der Waals surface area contributed by atoms with Gasteiger partial charge in [-0.2, -0.15) is 0 Å². The smallest absolute Gasteiger partial charge is 0.417 e. The molecule has 0 unspecified atom stereocenters. The molecule has 0 radical (unpaired) electrons. The van der Waals surface area contributed by atoms with Crippen molar-refractivity contribution >= 4 is 23.0 Å². The van der Waals surface area contributed by atoms with E-state index >= 15 is 0 Å². The molecule has 1 aromatic heterocycles. The Morgan fingerprint density at radius 2 is 1.81 bits per heavy atom. The summed E-state index contributed by atoms with van der Waals surface area (Å²) in [4.78, 5) is 42.6. The number of ketones is 1. The number of nitrogens with one attached hydrogen (secondary N) is 1. The maximum Gasteiger partial charge on any atom is 0.417 e. The number of hydrogen-bond donors (Lipinski definition) is 1. The number of oxazole rings is 1. The van der Waals surface area contributed by atoms with Gasteiger partial charge in [0.1, 0.15) is 6.61 Å². The van der Waals surface area contributed by atoms with Crippen molar-refractivity contribution in [3.05, 3.63) is 69.2 Å². The van der Waals surface area contributed by atoms with E-state index in [0.29, 0.717) is 55.8 Å². The average Bonchev–Trinajstić information content (AvgIpc) is 3.17. The van der Waals surface area contributed by atoms with Crippen LogP contribution >= 0.6 is 0 Å². The summed E-state index contributed by atoms with van der Waals surface area (Å²) in [5.41, 5.74) is 4.86. The molecule has 168 valence electrons. The first kappa shape index (κ1) is 21.8. The SMILES string of the molecule is Cc1ccc(COC(=O)N2CCN(CCC(=O)c3ccc4[nH]c(=O)oc4c3)CC2)cc1C. The van der Waals surface area contributed by atoms with Crippen LogP contribution < -0.4 is 5.76 Å². The summed E-state index contributed by atoms with van der Waals surface area (Å²) in [5, 5.41) is 0. The first-order valence-corrected chi connectivity index (χ1v) is 10.8. The quantitative estimate of drug-likeness (QED) is 0.595. The molecule has 0 atom stereocenters. The highest BCUT2D eigenvalue weighted by Gasteiger charge is 2.22. The van der Waals surface area contributed by atoms with Crippen LogP contribution in [-0.4, -0.2) is 59.4 Å². The Hall–Kier alpha value is -3.39. The number of aryl methyl sites for hydroxylation is 2. The van der Waals surface area contributed by atoms with E-state index in [1.807, 2.05) is 25.1 Å². The highest BCUT2D eigenvalue weighted by molar-refractivity contribution is 5.98. The summed E-state index contributed by atoms with van der Waals surface area (Å²) in [5.74, 6) is -0.541. The number of aromatic nitrogens is 1. The summed E-state index contributed by atoms with van der Waals surface area (Å²) in [7, 11) is 0. The second kappa shape index (κ2) is 9.40. The highest BCUT2D eigenvalue weighted by Crippen LogP contribution is 2.15. The maximum atomic E-state index is 12.5. The zero-order valence-electron chi connectivity index (χ0n) is 18.3. The Labute approximate surface area is 185 Å². The molecule has 32 heavy (non-hydrogen) atoms. The monoisotopic (exact) mass is 437 g/mol. The molecule has 2 heterocycles. The predicted octanol–water partition coefficient (Wildman–Crippen LogP) is 3.27. The molecule has 0 saturated carbocycles. The molecule has 4 rings (SSSR count). The highest BCUT2D eigenvalue weighted by atomic mass is 16.6. The van der Waals surface area contributed by atoms with Crippen LogP contribution in [0.3, 0.4) is 0 Å². The van der Waals surface area contributed by atoms with Gasteiger partial charge in [0.25, 0.3) is 0 Å². The number of carbonyl (C=O) groups excluding carboxylic acids is 2. The van der Waals surface area contributed by atoms with Crippen LogP contribution in [0.2, 0.25) is 0 Å². The van der Waals surface area contributed by atoms with Crippen molar-refractivity contribution < 1.29 is 18.7 Å². The minimum absolute atomic E-state index is 0.00835. The summed E-state index contributed by atoms with van der Waals surface area (Å²) in [6.07, 6.45) is 0.0532. The average molecular weight is 437 g/mol. The van der Waals surface area contributed by atoms with E-state index in [1.54, 1.807) is 23.1 Å². The maximum absolute atomic E-state index is 12.5. The number of benzene rings is 2. The van der Waals surface area contributed by atoms with E-state index in [4.69, 9.17) is 9.15 Å². The molecular weight excluding hydrogens is 410 g/mol. The van der Waals surface area contributed by atoms with Crippen molar-refractivity contribution in [1.82, 2.24) is 14.8 Å². The molecule has 1 fully saturated rings. The molecule has 8 heteroatoms. The van der Waals surface area contributed by atoms with E-state index in [0.717, 1.165) is 5.56 Å². The zero-order chi connectivity index (χ0) is 22.7. The Morgan fingerprint density at radius 1 is 1.03 bits per heavy atom. The molecule has 2 aromatic carbocycles. The third-order valence-electron chi connectivity index (χ3n) is 5.96. The largest absolute Gasteiger partial charge is 0.445 e. The number of hydrogen-bond acceptors (Lipinski definition) is 6. The first-order chi connectivity index (χ1) is 15.4. The van der Waals surface area contributed by atoms with Gasteiger partial charge in [-0.15, -0.1) is 0 Å². The van der Waals surface area contributed by atoms with Crippen LogP contribution in [0.25, 0.3) is 11.1 Å². The lowest BCUT2D eigenvalue weighted by molar-refractivity contribution is 0.0696. The van der Waals surface area contributed by atoms with Crippen LogP contribution in [-0.2, 0) is 11.3 Å². The van der Waals surface area contributed by atoms with Gasteiger partial charge in [0, 0.05) is 44.7 Å². The standard InChI is InChI=1S/C24H27N3O5/c1-16-3-4-18(13-17(16)2)15-31-24(30)27-11-9-26(10-12-27)8-7-21(28)19-5-6-20-22(14-19)32-23(29)25-20/h3-6,13-14H,7-12,15H2,1-2H3,(H,25,29). The number of carbonyl (C=O) groups is 2. The molecule has 1 saturated heterocycles. The number of rotatable bonds is 6. The number of amides is 1. The summed E-state index contributed by atoms with van der Waals surface area (Å²) in [6, 6.07) is 11.0. The lowest BCUT2D eigenvalue weighted by Gasteiger charge is -2.33. The van der Waals surface area contributed by atoms with E-state index in [9.17, 15) is 14.4 Å². The number of ether oxygens (including phenoxy) is 1. The molecular formula is C24H27N3O5. The van der Waals surface area contributed by atoms with E-state index in [1.165, 1.54) is 11.1 Å². The molecule has 1 aliphatic rings. The predicted molar refractivity (Wildman–Crippen MR) is 120 cm³/mol. The van der Waals surface area contributed by atoms with E-state index in [-0.39, 0.29) is 18.5 Å². The van der Waals surface area contributed by atoms with Gasteiger partial charge < -0.3 is 14.1 Å². The normalized spacial score (nSPS) is 14.6. The van der Waals surface area contributed by atoms with Gasteiger partial charge in [0.2, 0.25) is 0 Å². The van der Waals surface area contributed by atoms with Crippen LogP contribution in [0, 0.1) is 13.8 Å². The number of fused-ring (bicyclic) bond motifs is 1. The fraction of sp³-hybridized carbons (Fsp3) is 0.375.